The minimum Gasteiger partial charge on any atom is -0.368 e. The minimum atomic E-state index is 0.313. The highest BCUT2D eigenvalue weighted by atomic mass is 15.1. The monoisotopic (exact) mass is 321 g/mol. The van der Waals surface area contributed by atoms with Crippen LogP contribution < -0.4 is 0 Å². The third kappa shape index (κ3) is 3.72. The number of allylic oxidation sites excluding steroid dienone is 5. The molecule has 0 fully saturated rings. The molecule has 0 amide bonds. The predicted molar refractivity (Wildman–Crippen MR) is 107 cm³/mol. The first kappa shape index (κ1) is 18.3. The van der Waals surface area contributed by atoms with Crippen molar-refractivity contribution in [3.63, 3.8) is 0 Å². The number of benzene rings is 1. The fourth-order valence-corrected chi connectivity index (χ4v) is 3.40. The zero-order chi connectivity index (χ0) is 17.7. The summed E-state index contributed by atoms with van der Waals surface area (Å²) in [5.74, 6) is 0.448. The first-order valence-corrected chi connectivity index (χ1v) is 8.97. The van der Waals surface area contributed by atoms with E-state index in [4.69, 9.17) is 0 Å². The number of fused-ring (bicyclic) bond motifs is 1. The molecule has 0 radical (unpaired) electrons. The lowest BCUT2D eigenvalue weighted by Gasteiger charge is -2.36. The summed E-state index contributed by atoms with van der Waals surface area (Å²) in [4.78, 5) is 2.39. The molecule has 1 aromatic rings. The molecule has 24 heavy (non-hydrogen) atoms. The summed E-state index contributed by atoms with van der Waals surface area (Å²) in [6, 6.07) is 9.16. The molecule has 0 N–H and O–H groups in total. The summed E-state index contributed by atoms with van der Waals surface area (Å²) in [6.45, 7) is 12.8. The Morgan fingerprint density at radius 2 is 1.92 bits per heavy atom. The zero-order valence-corrected chi connectivity index (χ0v) is 15.8. The van der Waals surface area contributed by atoms with Crippen molar-refractivity contribution < 1.29 is 0 Å². The number of aryl methyl sites for hydroxylation is 1. The number of rotatable bonds is 6. The lowest BCUT2D eigenvalue weighted by molar-refractivity contribution is 0.420. The zero-order valence-electron chi connectivity index (χ0n) is 15.8. The van der Waals surface area contributed by atoms with E-state index in [-0.39, 0.29) is 0 Å². The van der Waals surface area contributed by atoms with E-state index in [0.717, 1.165) is 12.8 Å². The van der Waals surface area contributed by atoms with Crippen LogP contribution in [0.15, 0.2) is 66.3 Å². The number of hydrogen-bond donors (Lipinski definition) is 0. The maximum absolute atomic E-state index is 3.99. The average molecular weight is 322 g/mol. The number of nitrogens with zero attached hydrogens (tertiary/aromatic N) is 1. The van der Waals surface area contributed by atoms with Gasteiger partial charge in [-0.15, -0.1) is 6.58 Å². The molecule has 1 aliphatic rings. The van der Waals surface area contributed by atoms with E-state index in [2.05, 4.69) is 88.7 Å². The van der Waals surface area contributed by atoms with E-state index in [1.807, 2.05) is 6.08 Å². The third-order valence-electron chi connectivity index (χ3n) is 5.30. The summed E-state index contributed by atoms with van der Waals surface area (Å²) in [5.41, 5.74) is 7.20. The van der Waals surface area contributed by atoms with E-state index in [1.54, 1.807) is 5.57 Å². The number of likely N-dealkylation sites (N-methyl/N-ethyl adjacent to an activating group) is 1. The van der Waals surface area contributed by atoms with Crippen LogP contribution in [0.1, 0.15) is 45.2 Å². The lowest BCUT2D eigenvalue weighted by atomic mass is 9.80. The molecular weight excluding hydrogens is 290 g/mol. The second kappa shape index (κ2) is 8.19. The summed E-state index contributed by atoms with van der Waals surface area (Å²) in [6.07, 6.45) is 10.8. The Morgan fingerprint density at radius 1 is 1.21 bits per heavy atom. The van der Waals surface area contributed by atoms with Crippen molar-refractivity contribution in [2.24, 2.45) is 5.92 Å². The molecule has 2 atom stereocenters. The van der Waals surface area contributed by atoms with Crippen LogP contribution in [0.5, 0.6) is 0 Å². The van der Waals surface area contributed by atoms with Gasteiger partial charge in [0, 0.05) is 30.3 Å². The fourth-order valence-electron chi connectivity index (χ4n) is 3.40. The Balaban J connectivity index is 2.57. The van der Waals surface area contributed by atoms with Crippen molar-refractivity contribution in [2.75, 3.05) is 7.05 Å². The Bertz CT molecular complexity index is 675. The lowest BCUT2D eigenvalue weighted by Crippen LogP contribution is -2.30. The molecular formula is C23H31N. The molecule has 0 aliphatic heterocycles. The molecule has 1 heteroatoms. The van der Waals surface area contributed by atoms with Crippen LogP contribution in [0.25, 0.3) is 5.70 Å². The smallest absolute Gasteiger partial charge is 0.0442 e. The molecule has 0 heterocycles. The molecule has 0 spiro atoms. The van der Waals surface area contributed by atoms with Gasteiger partial charge in [-0.2, -0.15) is 0 Å². The van der Waals surface area contributed by atoms with Crippen LogP contribution in [0.3, 0.4) is 0 Å². The van der Waals surface area contributed by atoms with E-state index >= 15 is 0 Å². The van der Waals surface area contributed by atoms with E-state index in [0.29, 0.717) is 12.0 Å². The van der Waals surface area contributed by atoms with Gasteiger partial charge in [0.25, 0.3) is 0 Å². The fraction of sp³-hybridized carbons (Fsp3) is 0.391. The van der Waals surface area contributed by atoms with Crippen molar-refractivity contribution >= 4 is 5.70 Å². The molecule has 0 saturated carbocycles. The first-order valence-electron chi connectivity index (χ1n) is 8.97. The molecule has 0 bridgehead atoms. The highest BCUT2D eigenvalue weighted by Crippen LogP contribution is 2.39. The molecule has 1 aliphatic carbocycles. The minimum absolute atomic E-state index is 0.313. The Labute approximate surface area is 148 Å². The van der Waals surface area contributed by atoms with Gasteiger partial charge in [-0.1, -0.05) is 61.1 Å². The molecule has 2 rings (SSSR count). The van der Waals surface area contributed by atoms with Crippen LogP contribution in [0.4, 0.5) is 0 Å². The summed E-state index contributed by atoms with van der Waals surface area (Å²) < 4.78 is 0. The van der Waals surface area contributed by atoms with Crippen LogP contribution in [0, 0.1) is 5.92 Å². The third-order valence-corrected chi connectivity index (χ3v) is 5.30. The van der Waals surface area contributed by atoms with Gasteiger partial charge in [0.2, 0.25) is 0 Å². The van der Waals surface area contributed by atoms with Crippen molar-refractivity contribution in [1.82, 2.24) is 4.90 Å². The van der Waals surface area contributed by atoms with Gasteiger partial charge in [0.15, 0.2) is 0 Å². The van der Waals surface area contributed by atoms with Gasteiger partial charge >= 0.3 is 0 Å². The molecule has 0 saturated heterocycles. The van der Waals surface area contributed by atoms with Crippen LogP contribution in [-0.2, 0) is 6.42 Å². The molecule has 2 unspecified atom stereocenters. The van der Waals surface area contributed by atoms with Crippen molar-refractivity contribution in [3.05, 3.63) is 77.4 Å². The predicted octanol–water partition coefficient (Wildman–Crippen LogP) is 6.01. The highest BCUT2D eigenvalue weighted by molar-refractivity contribution is 5.73. The highest BCUT2D eigenvalue weighted by Gasteiger charge is 2.26. The molecule has 128 valence electrons. The van der Waals surface area contributed by atoms with Gasteiger partial charge in [-0.05, 0) is 44.7 Å². The summed E-state index contributed by atoms with van der Waals surface area (Å²) in [5, 5.41) is 0. The topological polar surface area (TPSA) is 3.24 Å². The maximum atomic E-state index is 3.99. The molecule has 0 aromatic heterocycles. The largest absolute Gasteiger partial charge is 0.368 e. The molecule has 1 aromatic carbocycles. The standard InChI is InChI=1S/C23H31N/c1-7-9-12-17(3)19(5)21-16-15-20-13-10-11-14-22(20)23(21)24(6)18(4)8-2/h7-14,18-19H,2,15-16H2,1,3-6H3/b9-7-,17-12+. The SMILES string of the molecule is C=CC(C)N(C)C1=C(C(C)/C(C)=C/C=C\C)CCc2ccccc21. The first-order chi connectivity index (χ1) is 11.5. The number of hydrogen-bond acceptors (Lipinski definition) is 1. The summed E-state index contributed by atoms with van der Waals surface area (Å²) >= 11 is 0. The van der Waals surface area contributed by atoms with Crippen LogP contribution in [0.2, 0.25) is 0 Å². The second-order valence-electron chi connectivity index (χ2n) is 6.78. The van der Waals surface area contributed by atoms with Gasteiger partial charge in [0.1, 0.15) is 0 Å². The van der Waals surface area contributed by atoms with E-state index in [1.165, 1.54) is 22.4 Å². The summed E-state index contributed by atoms with van der Waals surface area (Å²) in [7, 11) is 2.20. The van der Waals surface area contributed by atoms with Gasteiger partial charge < -0.3 is 4.90 Å². The Hall–Kier alpha value is -2.02. The van der Waals surface area contributed by atoms with Crippen LogP contribution in [-0.4, -0.2) is 18.0 Å². The Kier molecular flexibility index (Phi) is 6.25. The quantitative estimate of drug-likeness (QED) is 0.458. The van der Waals surface area contributed by atoms with Gasteiger partial charge in [-0.25, -0.2) is 0 Å². The van der Waals surface area contributed by atoms with Crippen molar-refractivity contribution in [1.29, 1.82) is 0 Å². The van der Waals surface area contributed by atoms with E-state index < -0.39 is 0 Å². The van der Waals surface area contributed by atoms with E-state index in [9.17, 15) is 0 Å². The average Bonchev–Trinajstić information content (AvgIpc) is 2.63. The second-order valence-corrected chi connectivity index (χ2v) is 6.78. The van der Waals surface area contributed by atoms with Gasteiger partial charge in [-0.3, -0.25) is 0 Å². The Morgan fingerprint density at radius 3 is 2.58 bits per heavy atom. The van der Waals surface area contributed by atoms with Gasteiger partial charge in [0.05, 0.1) is 0 Å². The normalized spacial score (nSPS) is 17.6. The maximum Gasteiger partial charge on any atom is 0.0442 e. The van der Waals surface area contributed by atoms with Crippen molar-refractivity contribution in [3.8, 4) is 0 Å². The van der Waals surface area contributed by atoms with Crippen LogP contribution >= 0.6 is 0 Å². The van der Waals surface area contributed by atoms with Crippen molar-refractivity contribution in [2.45, 2.75) is 46.6 Å². The molecule has 1 nitrogen and oxygen atoms in total.